The lowest BCUT2D eigenvalue weighted by molar-refractivity contribution is -0.255. The van der Waals surface area contributed by atoms with E-state index in [2.05, 4.69) is 15.4 Å². The highest BCUT2D eigenvalue weighted by Gasteiger charge is 2.17. The van der Waals surface area contributed by atoms with Gasteiger partial charge in [0.05, 0.1) is 11.7 Å². The van der Waals surface area contributed by atoms with E-state index < -0.39 is 5.97 Å². The maximum Gasteiger partial charge on any atom is 0.137 e. The average molecular weight is 234 g/mol. The van der Waals surface area contributed by atoms with Crippen molar-refractivity contribution in [3.05, 3.63) is 34.0 Å². The predicted octanol–water partition coefficient (Wildman–Crippen LogP) is 0.277. The van der Waals surface area contributed by atoms with Crippen LogP contribution < -0.4 is 5.11 Å². The fraction of sp³-hybridized carbons (Fsp3) is 0.364. The van der Waals surface area contributed by atoms with E-state index in [9.17, 15) is 9.90 Å². The van der Waals surface area contributed by atoms with Crippen LogP contribution in [0.5, 0.6) is 0 Å². The van der Waals surface area contributed by atoms with Crippen molar-refractivity contribution >= 4 is 5.97 Å². The molecule has 90 valence electrons. The summed E-state index contributed by atoms with van der Waals surface area (Å²) in [6.45, 7) is 5.43. The lowest BCUT2D eigenvalue weighted by Gasteiger charge is -2.03. The van der Waals surface area contributed by atoms with E-state index in [-0.39, 0.29) is 5.69 Å². The molecule has 0 aliphatic rings. The number of H-pyrrole nitrogens is 1. The highest BCUT2D eigenvalue weighted by molar-refractivity contribution is 5.85. The molecule has 1 N–H and O–H groups in total. The number of carboxylic acids is 1. The largest absolute Gasteiger partial charge is 0.543 e. The van der Waals surface area contributed by atoms with E-state index in [4.69, 9.17) is 4.52 Å². The molecule has 0 aromatic carbocycles. The molecular formula is C11H12N3O3-. The maximum absolute atomic E-state index is 10.9. The second-order valence-electron chi connectivity index (χ2n) is 3.94. The Morgan fingerprint density at radius 2 is 2.06 bits per heavy atom. The van der Waals surface area contributed by atoms with Gasteiger partial charge in [0.25, 0.3) is 0 Å². The van der Waals surface area contributed by atoms with Crippen molar-refractivity contribution in [3.63, 3.8) is 0 Å². The molecule has 0 radical (unpaired) electrons. The highest BCUT2D eigenvalue weighted by Crippen LogP contribution is 2.20. The van der Waals surface area contributed by atoms with E-state index in [0.717, 1.165) is 17.0 Å². The van der Waals surface area contributed by atoms with Gasteiger partial charge in [0.1, 0.15) is 11.5 Å². The number of carbonyl (C=O) groups is 1. The second kappa shape index (κ2) is 4.04. The Bertz CT molecular complexity index is 549. The van der Waals surface area contributed by atoms with Crippen molar-refractivity contribution in [2.24, 2.45) is 0 Å². The topological polar surface area (TPSA) is 94.8 Å². The summed E-state index contributed by atoms with van der Waals surface area (Å²) in [5.74, 6) is -0.833. The summed E-state index contributed by atoms with van der Waals surface area (Å²) in [7, 11) is 0. The minimum Gasteiger partial charge on any atom is -0.543 e. The van der Waals surface area contributed by atoms with Gasteiger partial charge >= 0.3 is 0 Å². The van der Waals surface area contributed by atoms with E-state index in [1.807, 2.05) is 13.8 Å². The van der Waals surface area contributed by atoms with Crippen LogP contribution in [0.25, 0.3) is 0 Å². The van der Waals surface area contributed by atoms with Gasteiger partial charge in [-0.2, -0.15) is 5.10 Å². The second-order valence-corrected chi connectivity index (χ2v) is 3.94. The smallest absolute Gasteiger partial charge is 0.137 e. The van der Waals surface area contributed by atoms with E-state index in [1.165, 1.54) is 0 Å². The molecule has 0 fully saturated rings. The number of carbonyl (C=O) groups excluding carboxylic acids is 1. The van der Waals surface area contributed by atoms with Gasteiger partial charge in [-0.1, -0.05) is 5.16 Å². The van der Waals surface area contributed by atoms with Crippen molar-refractivity contribution in [2.75, 3.05) is 0 Å². The molecule has 0 aliphatic heterocycles. The number of nitrogens with one attached hydrogen (secondary N) is 1. The van der Waals surface area contributed by atoms with Crippen molar-refractivity contribution in [1.82, 2.24) is 15.4 Å². The molecule has 0 bridgehead atoms. The summed E-state index contributed by atoms with van der Waals surface area (Å²) in [4.78, 5) is 10.9. The molecule has 6 heteroatoms. The zero-order valence-electron chi connectivity index (χ0n) is 9.83. The Morgan fingerprint density at radius 1 is 1.35 bits per heavy atom. The lowest BCUT2D eigenvalue weighted by Crippen LogP contribution is -2.24. The van der Waals surface area contributed by atoms with E-state index in [0.29, 0.717) is 17.7 Å². The summed E-state index contributed by atoms with van der Waals surface area (Å²) >= 11 is 0. The highest BCUT2D eigenvalue weighted by atomic mass is 16.5. The first kappa shape index (κ1) is 11.4. The van der Waals surface area contributed by atoms with Crippen LogP contribution in [0.3, 0.4) is 0 Å². The van der Waals surface area contributed by atoms with Crippen LogP contribution in [0, 0.1) is 20.8 Å². The fourth-order valence-corrected chi connectivity index (χ4v) is 1.77. The first-order valence-electron chi connectivity index (χ1n) is 5.17. The number of carboxylic acid groups (broad SMARTS) is 1. The Balaban J connectivity index is 2.43. The van der Waals surface area contributed by atoms with Crippen molar-refractivity contribution in [2.45, 2.75) is 27.2 Å². The molecule has 2 rings (SSSR count). The number of hydrogen-bond acceptors (Lipinski definition) is 5. The number of hydrogen-bond donors (Lipinski definition) is 1. The van der Waals surface area contributed by atoms with Crippen molar-refractivity contribution in [3.8, 4) is 0 Å². The summed E-state index contributed by atoms with van der Waals surface area (Å²) in [5, 5.41) is 21.3. The van der Waals surface area contributed by atoms with Crippen LogP contribution in [0.1, 0.15) is 38.8 Å². The summed E-state index contributed by atoms with van der Waals surface area (Å²) in [6, 6.07) is 0. The molecule has 0 spiro atoms. The van der Waals surface area contributed by atoms with Crippen LogP contribution in [-0.4, -0.2) is 21.3 Å². The molecular weight excluding hydrogens is 222 g/mol. The van der Waals surface area contributed by atoms with Crippen LogP contribution >= 0.6 is 0 Å². The Kier molecular flexibility index (Phi) is 2.71. The standard InChI is InChI=1S/C11H13N3O3/c1-5-8(6(2)13-12-5)4-9-7(3)17-14-10(9)11(15)16/h4H2,1-3H3,(H,12,13)(H,15,16)/p-1. The number of aromatic carboxylic acids is 1. The van der Waals surface area contributed by atoms with Crippen molar-refractivity contribution < 1.29 is 14.4 Å². The van der Waals surface area contributed by atoms with Gasteiger partial charge in [0.2, 0.25) is 0 Å². The van der Waals surface area contributed by atoms with Crippen molar-refractivity contribution in [1.29, 1.82) is 0 Å². The SMILES string of the molecule is Cc1n[nH]c(C)c1Cc1c(C(=O)[O-])noc1C. The fourth-order valence-electron chi connectivity index (χ4n) is 1.77. The van der Waals surface area contributed by atoms with E-state index in [1.54, 1.807) is 6.92 Å². The minimum atomic E-state index is -1.32. The molecule has 2 aromatic rings. The molecule has 0 atom stereocenters. The Labute approximate surface area is 97.6 Å². The van der Waals surface area contributed by atoms with Crippen LogP contribution in [-0.2, 0) is 6.42 Å². The third kappa shape index (κ3) is 1.93. The summed E-state index contributed by atoms with van der Waals surface area (Å²) < 4.78 is 4.88. The van der Waals surface area contributed by atoms with Crippen LogP contribution in [0.4, 0.5) is 0 Å². The normalized spacial score (nSPS) is 10.8. The third-order valence-corrected chi connectivity index (χ3v) is 2.81. The lowest BCUT2D eigenvalue weighted by atomic mass is 10.0. The van der Waals surface area contributed by atoms with Gasteiger partial charge in [0.15, 0.2) is 0 Å². The quantitative estimate of drug-likeness (QED) is 0.822. The Morgan fingerprint density at radius 3 is 2.59 bits per heavy atom. The zero-order chi connectivity index (χ0) is 12.6. The monoisotopic (exact) mass is 234 g/mol. The van der Waals surface area contributed by atoms with Gasteiger partial charge < -0.3 is 14.4 Å². The molecule has 2 aromatic heterocycles. The zero-order valence-corrected chi connectivity index (χ0v) is 9.83. The maximum atomic E-state index is 10.9. The minimum absolute atomic E-state index is 0.137. The first-order valence-corrected chi connectivity index (χ1v) is 5.17. The molecule has 2 heterocycles. The molecule has 0 saturated heterocycles. The number of aromatic nitrogens is 3. The first-order chi connectivity index (χ1) is 8.00. The molecule has 0 unspecified atom stereocenters. The van der Waals surface area contributed by atoms with Gasteiger partial charge in [-0.3, -0.25) is 5.10 Å². The number of nitrogens with zero attached hydrogens (tertiary/aromatic N) is 2. The summed E-state index contributed by atoms with van der Waals surface area (Å²) in [6.07, 6.45) is 0.423. The molecule has 0 saturated carbocycles. The number of rotatable bonds is 3. The van der Waals surface area contributed by atoms with Crippen LogP contribution in [0.2, 0.25) is 0 Å². The predicted molar refractivity (Wildman–Crippen MR) is 56.4 cm³/mol. The molecule has 17 heavy (non-hydrogen) atoms. The van der Waals surface area contributed by atoms with Gasteiger partial charge in [-0.05, 0) is 20.8 Å². The average Bonchev–Trinajstić information content (AvgIpc) is 2.77. The van der Waals surface area contributed by atoms with Gasteiger partial charge in [-0.25, -0.2) is 0 Å². The van der Waals surface area contributed by atoms with Gasteiger partial charge in [0, 0.05) is 23.2 Å². The third-order valence-electron chi connectivity index (χ3n) is 2.81. The van der Waals surface area contributed by atoms with Gasteiger partial charge in [-0.15, -0.1) is 0 Å². The summed E-state index contributed by atoms with van der Waals surface area (Å²) in [5.41, 5.74) is 3.11. The number of aromatic amines is 1. The molecule has 0 amide bonds. The number of aryl methyl sites for hydroxylation is 3. The van der Waals surface area contributed by atoms with Crippen LogP contribution in [0.15, 0.2) is 4.52 Å². The molecule has 6 nitrogen and oxygen atoms in total. The molecule has 0 aliphatic carbocycles. The van der Waals surface area contributed by atoms with E-state index >= 15 is 0 Å². The Hall–Kier alpha value is -2.11.